The molecule has 1 saturated heterocycles. The van der Waals surface area contributed by atoms with Crippen molar-refractivity contribution in [3.63, 3.8) is 0 Å². The van der Waals surface area contributed by atoms with E-state index in [1.165, 1.54) is 30.4 Å². The number of piperidine rings is 1. The van der Waals surface area contributed by atoms with Crippen LogP contribution >= 0.6 is 0 Å². The van der Waals surface area contributed by atoms with Gasteiger partial charge < -0.3 is 15.3 Å². The monoisotopic (exact) mass is 300 g/mol. The third kappa shape index (κ3) is 4.19. The molecular weight excluding hydrogens is 272 g/mol. The molecule has 22 heavy (non-hydrogen) atoms. The first-order chi connectivity index (χ1) is 10.8. The molecule has 0 bridgehead atoms. The average Bonchev–Trinajstić information content (AvgIpc) is 3.30. The van der Waals surface area contributed by atoms with E-state index in [0.29, 0.717) is 12.1 Å². The zero-order valence-corrected chi connectivity index (χ0v) is 13.5. The van der Waals surface area contributed by atoms with E-state index < -0.39 is 0 Å². The number of benzene rings is 1. The van der Waals surface area contributed by atoms with E-state index in [1.54, 1.807) is 0 Å². The molecule has 0 spiro atoms. The van der Waals surface area contributed by atoms with Crippen molar-refractivity contribution in [2.45, 2.75) is 38.3 Å². The van der Waals surface area contributed by atoms with Crippen molar-refractivity contribution >= 4 is 6.08 Å². The molecule has 2 N–H and O–H groups in total. The standard InChI is InChI=1S/C19H28N2O/c1-15(13-16-5-3-2-4-6-16)18-14-19(18)20-17-7-9-21(10-8-17)11-12-22/h2-6,13,17-20,22H,7-12,14H2,1H3/t18-,19+/m0/s1. The van der Waals surface area contributed by atoms with Crippen LogP contribution in [0, 0.1) is 5.92 Å². The van der Waals surface area contributed by atoms with Crippen molar-refractivity contribution in [3.05, 3.63) is 41.5 Å². The molecule has 1 aliphatic carbocycles. The average molecular weight is 300 g/mol. The number of nitrogens with zero attached hydrogens (tertiary/aromatic N) is 1. The fourth-order valence-corrected chi connectivity index (χ4v) is 3.57. The Morgan fingerprint density at radius 1 is 1.27 bits per heavy atom. The predicted octanol–water partition coefficient (Wildman–Crippen LogP) is 2.52. The highest BCUT2D eigenvalue weighted by Crippen LogP contribution is 2.38. The highest BCUT2D eigenvalue weighted by atomic mass is 16.3. The molecule has 0 aromatic heterocycles. The molecule has 2 atom stereocenters. The number of hydrogen-bond acceptors (Lipinski definition) is 3. The van der Waals surface area contributed by atoms with Crippen LogP contribution in [-0.2, 0) is 0 Å². The zero-order chi connectivity index (χ0) is 15.4. The van der Waals surface area contributed by atoms with Crippen LogP contribution in [0.1, 0.15) is 31.7 Å². The number of nitrogens with one attached hydrogen (secondary N) is 1. The first kappa shape index (κ1) is 15.7. The van der Waals surface area contributed by atoms with Gasteiger partial charge in [0.25, 0.3) is 0 Å². The quantitative estimate of drug-likeness (QED) is 0.847. The second-order valence-electron chi connectivity index (χ2n) is 6.75. The minimum absolute atomic E-state index is 0.284. The van der Waals surface area contributed by atoms with Gasteiger partial charge in [-0.05, 0) is 50.8 Å². The summed E-state index contributed by atoms with van der Waals surface area (Å²) in [7, 11) is 0. The Hall–Kier alpha value is -1.16. The molecule has 1 heterocycles. The predicted molar refractivity (Wildman–Crippen MR) is 91.7 cm³/mol. The Balaban J connectivity index is 1.44. The van der Waals surface area contributed by atoms with Gasteiger partial charge >= 0.3 is 0 Å². The molecule has 2 aliphatic rings. The van der Waals surface area contributed by atoms with Gasteiger partial charge in [-0.2, -0.15) is 0 Å². The Morgan fingerprint density at radius 2 is 2.00 bits per heavy atom. The second-order valence-corrected chi connectivity index (χ2v) is 6.75. The van der Waals surface area contributed by atoms with Crippen LogP contribution < -0.4 is 5.32 Å². The fraction of sp³-hybridized carbons (Fsp3) is 0.579. The van der Waals surface area contributed by atoms with Crippen LogP contribution in [-0.4, -0.2) is 48.3 Å². The van der Waals surface area contributed by atoms with Gasteiger partial charge in [-0.1, -0.05) is 42.0 Å². The fourth-order valence-electron chi connectivity index (χ4n) is 3.57. The van der Waals surface area contributed by atoms with Crippen LogP contribution in [0.25, 0.3) is 6.08 Å². The SMILES string of the molecule is CC(=Cc1ccccc1)[C@@H]1C[C@H]1NC1CCN(CCO)CC1. The topological polar surface area (TPSA) is 35.5 Å². The van der Waals surface area contributed by atoms with Gasteiger partial charge in [0.1, 0.15) is 0 Å². The van der Waals surface area contributed by atoms with Crippen LogP contribution in [0.2, 0.25) is 0 Å². The smallest absolute Gasteiger partial charge is 0.0558 e. The molecule has 120 valence electrons. The Labute approximate surface area is 134 Å². The number of β-amino-alcohol motifs (C(OH)–C–C–N with tert-alkyl or cyclic N) is 1. The summed E-state index contributed by atoms with van der Waals surface area (Å²) in [6.45, 7) is 5.62. The molecule has 1 saturated carbocycles. The summed E-state index contributed by atoms with van der Waals surface area (Å²) in [5, 5.41) is 12.8. The van der Waals surface area contributed by atoms with E-state index in [1.807, 2.05) is 0 Å². The summed E-state index contributed by atoms with van der Waals surface area (Å²) in [6, 6.07) is 11.9. The van der Waals surface area contributed by atoms with E-state index in [2.05, 4.69) is 53.5 Å². The maximum Gasteiger partial charge on any atom is 0.0558 e. The molecule has 1 aliphatic heterocycles. The van der Waals surface area contributed by atoms with Crippen molar-refractivity contribution in [3.8, 4) is 0 Å². The molecule has 3 nitrogen and oxygen atoms in total. The summed E-state index contributed by atoms with van der Waals surface area (Å²) in [5.74, 6) is 0.718. The lowest BCUT2D eigenvalue weighted by Crippen LogP contribution is -2.44. The van der Waals surface area contributed by atoms with Crippen molar-refractivity contribution in [1.29, 1.82) is 0 Å². The lowest BCUT2D eigenvalue weighted by atomic mass is 10.0. The highest BCUT2D eigenvalue weighted by molar-refractivity contribution is 5.53. The number of rotatable bonds is 6. The lowest BCUT2D eigenvalue weighted by molar-refractivity contribution is 0.156. The van der Waals surface area contributed by atoms with Crippen LogP contribution in [0.15, 0.2) is 35.9 Å². The molecule has 3 rings (SSSR count). The largest absolute Gasteiger partial charge is 0.395 e. The summed E-state index contributed by atoms with van der Waals surface area (Å²) < 4.78 is 0. The van der Waals surface area contributed by atoms with E-state index in [0.717, 1.165) is 25.6 Å². The highest BCUT2D eigenvalue weighted by Gasteiger charge is 2.39. The summed E-state index contributed by atoms with van der Waals surface area (Å²) in [6.07, 6.45) is 6.04. The molecule has 1 aromatic rings. The van der Waals surface area contributed by atoms with Crippen LogP contribution in [0.4, 0.5) is 0 Å². The van der Waals surface area contributed by atoms with Gasteiger partial charge in [0, 0.05) is 18.6 Å². The van der Waals surface area contributed by atoms with Crippen LogP contribution in [0.5, 0.6) is 0 Å². The van der Waals surface area contributed by atoms with Gasteiger partial charge in [-0.25, -0.2) is 0 Å². The van der Waals surface area contributed by atoms with Gasteiger partial charge in [-0.15, -0.1) is 0 Å². The first-order valence-electron chi connectivity index (χ1n) is 8.59. The zero-order valence-electron chi connectivity index (χ0n) is 13.5. The molecule has 0 amide bonds. The molecule has 2 fully saturated rings. The van der Waals surface area contributed by atoms with Crippen molar-refractivity contribution in [2.75, 3.05) is 26.2 Å². The lowest BCUT2D eigenvalue weighted by Gasteiger charge is -2.32. The van der Waals surface area contributed by atoms with Crippen molar-refractivity contribution < 1.29 is 5.11 Å². The Kier molecular flexibility index (Phi) is 5.29. The molecule has 0 radical (unpaired) electrons. The van der Waals surface area contributed by atoms with Crippen molar-refractivity contribution in [1.82, 2.24) is 10.2 Å². The van der Waals surface area contributed by atoms with Gasteiger partial charge in [0.15, 0.2) is 0 Å². The minimum atomic E-state index is 0.284. The minimum Gasteiger partial charge on any atom is -0.395 e. The number of likely N-dealkylation sites (tertiary alicyclic amines) is 1. The second kappa shape index (κ2) is 7.40. The van der Waals surface area contributed by atoms with Gasteiger partial charge in [0.2, 0.25) is 0 Å². The number of hydrogen-bond donors (Lipinski definition) is 2. The summed E-state index contributed by atoms with van der Waals surface area (Å²) in [4.78, 5) is 2.36. The third-order valence-corrected chi connectivity index (χ3v) is 5.02. The number of aliphatic hydroxyl groups excluding tert-OH is 1. The van der Waals surface area contributed by atoms with Gasteiger partial charge in [-0.3, -0.25) is 0 Å². The Morgan fingerprint density at radius 3 is 2.68 bits per heavy atom. The van der Waals surface area contributed by atoms with E-state index >= 15 is 0 Å². The van der Waals surface area contributed by atoms with E-state index in [-0.39, 0.29) is 6.61 Å². The van der Waals surface area contributed by atoms with Crippen molar-refractivity contribution in [2.24, 2.45) is 5.92 Å². The van der Waals surface area contributed by atoms with E-state index in [4.69, 9.17) is 5.11 Å². The molecular formula is C19H28N2O. The molecule has 3 heteroatoms. The molecule has 0 unspecified atom stereocenters. The maximum absolute atomic E-state index is 8.99. The first-order valence-corrected chi connectivity index (χ1v) is 8.59. The maximum atomic E-state index is 8.99. The summed E-state index contributed by atoms with van der Waals surface area (Å²) >= 11 is 0. The summed E-state index contributed by atoms with van der Waals surface area (Å²) in [5.41, 5.74) is 2.81. The number of aliphatic hydroxyl groups is 1. The van der Waals surface area contributed by atoms with Gasteiger partial charge in [0.05, 0.1) is 6.61 Å². The Bertz CT molecular complexity index is 491. The van der Waals surface area contributed by atoms with Crippen LogP contribution in [0.3, 0.4) is 0 Å². The molecule has 1 aromatic carbocycles. The third-order valence-electron chi connectivity index (χ3n) is 5.02. The van der Waals surface area contributed by atoms with E-state index in [9.17, 15) is 0 Å². The normalized spacial score (nSPS) is 27.1.